The Kier molecular flexibility index (Phi) is 5.79. The fourth-order valence-corrected chi connectivity index (χ4v) is 1.61. The number of hydrogen-bond acceptors (Lipinski definition) is 5. The van der Waals surface area contributed by atoms with E-state index >= 15 is 0 Å². The lowest BCUT2D eigenvalue weighted by Gasteiger charge is -2.28. The third-order valence-electron chi connectivity index (χ3n) is 2.28. The summed E-state index contributed by atoms with van der Waals surface area (Å²) < 4.78 is 10.4. The molecular formula is C10H17NO4S. The zero-order chi connectivity index (χ0) is 12.0. The second kappa shape index (κ2) is 6.88. The molecular weight excluding hydrogens is 230 g/mol. The smallest absolute Gasteiger partial charge is 0.240 e. The largest absolute Gasteiger partial charge is 0.334 e. The molecule has 0 aromatic heterocycles. The topological polar surface area (TPSA) is 64.6 Å². The van der Waals surface area contributed by atoms with Gasteiger partial charge in [0.05, 0.1) is 19.1 Å². The molecule has 1 aliphatic rings. The summed E-state index contributed by atoms with van der Waals surface area (Å²) in [6, 6.07) is 0. The van der Waals surface area contributed by atoms with Crippen LogP contribution in [0, 0.1) is 5.92 Å². The molecule has 0 aromatic rings. The summed E-state index contributed by atoms with van der Waals surface area (Å²) in [4.78, 5) is 22.4. The third kappa shape index (κ3) is 4.51. The van der Waals surface area contributed by atoms with E-state index in [1.54, 1.807) is 11.8 Å². The SMILES string of the molecule is CSCCC(=O)NC1OCC(C(C)=O)CO1. The van der Waals surface area contributed by atoms with E-state index in [-0.39, 0.29) is 17.6 Å². The summed E-state index contributed by atoms with van der Waals surface area (Å²) in [6.07, 6.45) is 1.68. The number of amides is 1. The summed E-state index contributed by atoms with van der Waals surface area (Å²) in [5.41, 5.74) is 0. The van der Waals surface area contributed by atoms with Crippen molar-refractivity contribution in [3.8, 4) is 0 Å². The van der Waals surface area contributed by atoms with Crippen LogP contribution in [0.2, 0.25) is 0 Å². The number of carbonyl (C=O) groups is 2. The second-order valence-electron chi connectivity index (χ2n) is 3.62. The van der Waals surface area contributed by atoms with Gasteiger partial charge in [0.2, 0.25) is 12.3 Å². The van der Waals surface area contributed by atoms with Crippen LogP contribution in [0.5, 0.6) is 0 Å². The number of nitrogens with one attached hydrogen (secondary N) is 1. The Bertz CT molecular complexity index is 251. The Morgan fingerprint density at radius 2 is 2.00 bits per heavy atom. The fourth-order valence-electron chi connectivity index (χ4n) is 1.22. The van der Waals surface area contributed by atoms with Gasteiger partial charge >= 0.3 is 0 Å². The van der Waals surface area contributed by atoms with Crippen molar-refractivity contribution >= 4 is 23.5 Å². The highest BCUT2D eigenvalue weighted by Crippen LogP contribution is 2.10. The van der Waals surface area contributed by atoms with E-state index in [1.165, 1.54) is 6.92 Å². The number of Topliss-reactive ketones (excluding diaryl/α,β-unsaturated/α-hetero) is 1. The molecule has 1 saturated heterocycles. The first kappa shape index (κ1) is 13.5. The van der Waals surface area contributed by atoms with Crippen molar-refractivity contribution in [2.24, 2.45) is 5.92 Å². The average Bonchev–Trinajstić information content (AvgIpc) is 2.27. The second-order valence-corrected chi connectivity index (χ2v) is 4.60. The molecule has 0 saturated carbocycles. The van der Waals surface area contributed by atoms with Gasteiger partial charge in [0, 0.05) is 12.2 Å². The van der Waals surface area contributed by atoms with Crippen molar-refractivity contribution in [2.45, 2.75) is 19.8 Å². The summed E-state index contributed by atoms with van der Waals surface area (Å²) in [7, 11) is 0. The molecule has 1 rings (SSSR count). The average molecular weight is 247 g/mol. The van der Waals surface area contributed by atoms with Crippen LogP contribution in [-0.4, -0.2) is 43.3 Å². The molecule has 1 N–H and O–H groups in total. The van der Waals surface area contributed by atoms with Crippen molar-refractivity contribution in [1.29, 1.82) is 0 Å². The summed E-state index contributed by atoms with van der Waals surface area (Å²) in [5, 5.41) is 2.61. The molecule has 0 atom stereocenters. The van der Waals surface area contributed by atoms with Crippen LogP contribution in [0.15, 0.2) is 0 Å². The van der Waals surface area contributed by atoms with Crippen molar-refractivity contribution in [3.63, 3.8) is 0 Å². The summed E-state index contributed by atoms with van der Waals surface area (Å²) in [6.45, 7) is 2.13. The molecule has 0 spiro atoms. The van der Waals surface area contributed by atoms with Gasteiger partial charge in [-0.3, -0.25) is 9.59 Å². The molecule has 1 fully saturated rings. The predicted octanol–water partition coefficient (Wildman–Crippen LogP) is 0.391. The van der Waals surface area contributed by atoms with Crippen LogP contribution in [-0.2, 0) is 19.1 Å². The number of ether oxygens (including phenoxy) is 2. The minimum absolute atomic E-state index is 0.0483. The zero-order valence-corrected chi connectivity index (χ0v) is 10.3. The molecule has 1 heterocycles. The number of hydrogen-bond donors (Lipinski definition) is 1. The minimum atomic E-state index is -0.704. The molecule has 1 amide bonds. The Hall–Kier alpha value is -0.590. The maximum Gasteiger partial charge on any atom is 0.240 e. The molecule has 0 radical (unpaired) electrons. The van der Waals surface area contributed by atoms with Crippen LogP contribution in [0.3, 0.4) is 0 Å². The van der Waals surface area contributed by atoms with E-state index in [0.29, 0.717) is 19.6 Å². The van der Waals surface area contributed by atoms with Gasteiger partial charge < -0.3 is 14.8 Å². The first-order valence-electron chi connectivity index (χ1n) is 5.15. The quantitative estimate of drug-likeness (QED) is 0.761. The van der Waals surface area contributed by atoms with E-state index in [2.05, 4.69) is 5.32 Å². The van der Waals surface area contributed by atoms with Crippen molar-refractivity contribution in [2.75, 3.05) is 25.2 Å². The molecule has 6 heteroatoms. The Morgan fingerprint density at radius 1 is 1.38 bits per heavy atom. The van der Waals surface area contributed by atoms with Crippen LogP contribution in [0.25, 0.3) is 0 Å². The normalized spacial score (nSPS) is 25.1. The summed E-state index contributed by atoms with van der Waals surface area (Å²) >= 11 is 1.61. The van der Waals surface area contributed by atoms with Crippen LogP contribution >= 0.6 is 11.8 Å². The van der Waals surface area contributed by atoms with E-state index in [0.717, 1.165) is 5.75 Å². The monoisotopic (exact) mass is 247 g/mol. The van der Waals surface area contributed by atoms with E-state index in [1.807, 2.05) is 6.26 Å². The number of carbonyl (C=O) groups excluding carboxylic acids is 2. The highest BCUT2D eigenvalue weighted by molar-refractivity contribution is 7.98. The van der Waals surface area contributed by atoms with Crippen LogP contribution in [0.4, 0.5) is 0 Å². The van der Waals surface area contributed by atoms with Crippen molar-refractivity contribution in [1.82, 2.24) is 5.32 Å². The molecule has 0 bridgehead atoms. The van der Waals surface area contributed by atoms with Gasteiger partial charge in [-0.05, 0) is 13.2 Å². The third-order valence-corrected chi connectivity index (χ3v) is 2.90. The lowest BCUT2D eigenvalue weighted by molar-refractivity contribution is -0.213. The molecule has 0 aliphatic carbocycles. The van der Waals surface area contributed by atoms with Gasteiger partial charge in [0.15, 0.2) is 0 Å². The maximum atomic E-state index is 11.3. The molecule has 0 aromatic carbocycles. The summed E-state index contributed by atoms with van der Waals surface area (Å²) in [5.74, 6) is 0.515. The first-order chi connectivity index (χ1) is 7.63. The first-order valence-corrected chi connectivity index (χ1v) is 6.55. The van der Waals surface area contributed by atoms with Crippen LogP contribution in [0.1, 0.15) is 13.3 Å². The lowest BCUT2D eigenvalue weighted by atomic mass is 10.1. The predicted molar refractivity (Wildman–Crippen MR) is 61.0 cm³/mol. The Morgan fingerprint density at radius 3 is 2.50 bits per heavy atom. The Labute approximate surface area is 99.2 Å². The fraction of sp³-hybridized carbons (Fsp3) is 0.800. The van der Waals surface area contributed by atoms with Gasteiger partial charge in [0.1, 0.15) is 5.78 Å². The van der Waals surface area contributed by atoms with Gasteiger partial charge in [-0.15, -0.1) is 0 Å². The van der Waals surface area contributed by atoms with E-state index in [4.69, 9.17) is 9.47 Å². The van der Waals surface area contributed by atoms with Crippen molar-refractivity contribution in [3.05, 3.63) is 0 Å². The zero-order valence-electron chi connectivity index (χ0n) is 9.52. The number of thioether (sulfide) groups is 1. The Balaban J connectivity index is 2.21. The molecule has 0 unspecified atom stereocenters. The van der Waals surface area contributed by atoms with Gasteiger partial charge in [-0.25, -0.2) is 0 Å². The maximum absolute atomic E-state index is 11.3. The molecule has 16 heavy (non-hydrogen) atoms. The highest BCUT2D eigenvalue weighted by Gasteiger charge is 2.25. The number of ketones is 1. The standard InChI is InChI=1S/C10H17NO4S/c1-7(12)8-5-14-10(15-6-8)11-9(13)3-4-16-2/h8,10H,3-6H2,1-2H3,(H,11,13). The minimum Gasteiger partial charge on any atom is -0.334 e. The van der Waals surface area contributed by atoms with E-state index in [9.17, 15) is 9.59 Å². The van der Waals surface area contributed by atoms with Crippen LogP contribution < -0.4 is 5.32 Å². The van der Waals surface area contributed by atoms with Gasteiger partial charge in [-0.2, -0.15) is 11.8 Å². The van der Waals surface area contributed by atoms with Gasteiger partial charge in [-0.1, -0.05) is 0 Å². The highest BCUT2D eigenvalue weighted by atomic mass is 32.2. The van der Waals surface area contributed by atoms with Gasteiger partial charge in [0.25, 0.3) is 0 Å². The lowest BCUT2D eigenvalue weighted by Crippen LogP contribution is -2.45. The molecule has 5 nitrogen and oxygen atoms in total. The molecule has 92 valence electrons. The number of rotatable bonds is 5. The van der Waals surface area contributed by atoms with E-state index < -0.39 is 6.41 Å². The molecule has 1 aliphatic heterocycles. The van der Waals surface area contributed by atoms with Crippen molar-refractivity contribution < 1.29 is 19.1 Å².